The van der Waals surface area contributed by atoms with Gasteiger partial charge in [-0.15, -0.1) is 0 Å². The van der Waals surface area contributed by atoms with E-state index in [4.69, 9.17) is 0 Å². The highest BCUT2D eigenvalue weighted by molar-refractivity contribution is 9.10. The summed E-state index contributed by atoms with van der Waals surface area (Å²) in [5, 5.41) is 12.9. The van der Waals surface area contributed by atoms with E-state index >= 15 is 0 Å². The van der Waals surface area contributed by atoms with Crippen LogP contribution in [0.5, 0.6) is 0 Å². The smallest absolute Gasteiger partial charge is 0.143 e. The van der Waals surface area contributed by atoms with Crippen LogP contribution in [-0.4, -0.2) is 42.4 Å². The van der Waals surface area contributed by atoms with Crippen molar-refractivity contribution in [1.82, 2.24) is 10.3 Å². The van der Waals surface area contributed by atoms with Gasteiger partial charge in [0.2, 0.25) is 0 Å². The number of rotatable bonds is 1. The molecule has 1 saturated heterocycles. The maximum absolute atomic E-state index is 9.73. The zero-order chi connectivity index (χ0) is 13.5. The number of β-amino-alcohol motifs (C(OH)–C–C–N with tert-alkyl or cyclic N) is 1. The van der Waals surface area contributed by atoms with Crippen LogP contribution < -0.4 is 10.2 Å². The molecule has 0 aromatic carbocycles. The number of nitrogens with one attached hydrogen (secondary N) is 1. The minimum atomic E-state index is -0.336. The number of halogens is 1. The molecule has 4 nitrogen and oxygen atoms in total. The molecule has 1 fully saturated rings. The Bertz CT molecular complexity index is 373. The first-order valence-corrected chi connectivity index (χ1v) is 7.23. The molecule has 0 spiro atoms. The van der Waals surface area contributed by atoms with Gasteiger partial charge in [0.05, 0.1) is 10.6 Å². The van der Waals surface area contributed by atoms with Crippen LogP contribution >= 0.6 is 15.9 Å². The quantitative estimate of drug-likeness (QED) is 0.831. The Balaban J connectivity index is 0.000000771. The topological polar surface area (TPSA) is 48.4 Å². The third-order valence-electron chi connectivity index (χ3n) is 2.64. The first-order valence-electron chi connectivity index (χ1n) is 6.43. The number of aryl methyl sites for hydroxylation is 1. The van der Waals surface area contributed by atoms with Crippen molar-refractivity contribution in [2.45, 2.75) is 26.9 Å². The van der Waals surface area contributed by atoms with Gasteiger partial charge >= 0.3 is 0 Å². The SMILES string of the molecule is CC.Cc1ccc(Br)c(N2CCNCC(O)C2)n1. The van der Waals surface area contributed by atoms with Crippen molar-refractivity contribution in [1.29, 1.82) is 0 Å². The molecule has 5 heteroatoms. The van der Waals surface area contributed by atoms with Gasteiger partial charge in [-0.2, -0.15) is 0 Å². The normalized spacial score (nSPS) is 19.8. The second kappa shape index (κ2) is 7.71. The summed E-state index contributed by atoms with van der Waals surface area (Å²) in [7, 11) is 0. The van der Waals surface area contributed by atoms with Gasteiger partial charge in [-0.3, -0.25) is 0 Å². The maximum atomic E-state index is 9.73. The lowest BCUT2D eigenvalue weighted by Crippen LogP contribution is -2.33. The molecule has 18 heavy (non-hydrogen) atoms. The standard InChI is InChI=1S/C11H16BrN3O.C2H6/c1-8-2-3-10(12)11(14-8)15-5-4-13-6-9(16)7-15;1-2/h2-3,9,13,16H,4-7H2,1H3;1-2H3. The summed E-state index contributed by atoms with van der Waals surface area (Å²) in [6.45, 7) is 9.00. The maximum Gasteiger partial charge on any atom is 0.143 e. The van der Waals surface area contributed by atoms with Crippen molar-refractivity contribution in [3.63, 3.8) is 0 Å². The van der Waals surface area contributed by atoms with Crippen LogP contribution in [0, 0.1) is 6.92 Å². The second-order valence-electron chi connectivity index (χ2n) is 4.06. The first kappa shape index (κ1) is 15.4. The fourth-order valence-electron chi connectivity index (χ4n) is 1.83. The molecule has 2 rings (SSSR count). The number of nitrogens with zero attached hydrogens (tertiary/aromatic N) is 2. The van der Waals surface area contributed by atoms with Crippen molar-refractivity contribution in [3.05, 3.63) is 22.3 Å². The van der Waals surface area contributed by atoms with Gasteiger partial charge in [0.25, 0.3) is 0 Å². The largest absolute Gasteiger partial charge is 0.390 e. The summed E-state index contributed by atoms with van der Waals surface area (Å²) < 4.78 is 0.979. The molecular weight excluding hydrogens is 294 g/mol. The number of hydrogen-bond acceptors (Lipinski definition) is 4. The van der Waals surface area contributed by atoms with E-state index in [1.54, 1.807) is 0 Å². The van der Waals surface area contributed by atoms with Crippen LogP contribution in [0.25, 0.3) is 0 Å². The Hall–Kier alpha value is -0.650. The average Bonchev–Trinajstić information content (AvgIpc) is 2.59. The molecule has 1 aliphatic rings. The van der Waals surface area contributed by atoms with Crippen LogP contribution in [0.1, 0.15) is 19.5 Å². The molecule has 0 amide bonds. The Labute approximate surface area is 118 Å². The van der Waals surface area contributed by atoms with Gasteiger partial charge in [0.1, 0.15) is 5.82 Å². The molecule has 102 valence electrons. The monoisotopic (exact) mass is 315 g/mol. The molecule has 1 aromatic heterocycles. The number of hydrogen-bond donors (Lipinski definition) is 2. The highest BCUT2D eigenvalue weighted by Gasteiger charge is 2.18. The summed E-state index contributed by atoms with van der Waals surface area (Å²) in [5.74, 6) is 0.919. The number of anilines is 1. The summed E-state index contributed by atoms with van der Waals surface area (Å²) in [5.41, 5.74) is 0.991. The van der Waals surface area contributed by atoms with Gasteiger partial charge in [-0.05, 0) is 35.0 Å². The van der Waals surface area contributed by atoms with Gasteiger partial charge in [0.15, 0.2) is 0 Å². The molecule has 1 atom stereocenters. The lowest BCUT2D eigenvalue weighted by atomic mass is 10.3. The molecular formula is C13H22BrN3O. The lowest BCUT2D eigenvalue weighted by Gasteiger charge is -2.24. The molecule has 2 N–H and O–H groups in total. The number of aliphatic hydroxyl groups is 1. The van der Waals surface area contributed by atoms with E-state index in [1.165, 1.54) is 0 Å². The van der Waals surface area contributed by atoms with E-state index in [-0.39, 0.29) is 6.10 Å². The molecule has 0 saturated carbocycles. The van der Waals surface area contributed by atoms with Crippen LogP contribution in [0.2, 0.25) is 0 Å². The van der Waals surface area contributed by atoms with E-state index in [0.29, 0.717) is 13.1 Å². The van der Waals surface area contributed by atoms with Gasteiger partial charge in [-0.1, -0.05) is 13.8 Å². The highest BCUT2D eigenvalue weighted by atomic mass is 79.9. The fraction of sp³-hybridized carbons (Fsp3) is 0.615. The van der Waals surface area contributed by atoms with Crippen LogP contribution in [0.15, 0.2) is 16.6 Å². The second-order valence-corrected chi connectivity index (χ2v) is 4.92. The zero-order valence-corrected chi connectivity index (χ0v) is 12.9. The van der Waals surface area contributed by atoms with Crippen molar-refractivity contribution in [2.24, 2.45) is 0 Å². The molecule has 1 aromatic rings. The van der Waals surface area contributed by atoms with Gasteiger partial charge in [0, 0.05) is 31.9 Å². The van der Waals surface area contributed by atoms with Gasteiger partial charge in [-0.25, -0.2) is 4.98 Å². The van der Waals surface area contributed by atoms with E-state index in [0.717, 1.165) is 29.1 Å². The molecule has 2 heterocycles. The van der Waals surface area contributed by atoms with E-state index in [2.05, 4.69) is 31.1 Å². The Morgan fingerprint density at radius 3 is 2.89 bits per heavy atom. The van der Waals surface area contributed by atoms with Gasteiger partial charge < -0.3 is 15.3 Å². The molecule has 0 bridgehead atoms. The van der Waals surface area contributed by atoms with E-state index < -0.39 is 0 Å². The minimum absolute atomic E-state index is 0.336. The van der Waals surface area contributed by atoms with Crippen LogP contribution in [0.3, 0.4) is 0 Å². The Morgan fingerprint density at radius 1 is 1.44 bits per heavy atom. The zero-order valence-electron chi connectivity index (χ0n) is 11.3. The highest BCUT2D eigenvalue weighted by Crippen LogP contribution is 2.24. The number of aliphatic hydroxyl groups excluding tert-OH is 1. The predicted molar refractivity (Wildman–Crippen MR) is 79.1 cm³/mol. The third-order valence-corrected chi connectivity index (χ3v) is 3.25. The molecule has 0 radical (unpaired) electrons. The average molecular weight is 316 g/mol. The van der Waals surface area contributed by atoms with Crippen molar-refractivity contribution in [2.75, 3.05) is 31.1 Å². The Morgan fingerprint density at radius 2 is 2.17 bits per heavy atom. The summed E-state index contributed by atoms with van der Waals surface area (Å²) in [6.07, 6.45) is -0.336. The predicted octanol–water partition coefficient (Wildman–Crippen LogP) is 1.95. The molecule has 1 aliphatic heterocycles. The van der Waals surface area contributed by atoms with Crippen molar-refractivity contribution < 1.29 is 5.11 Å². The van der Waals surface area contributed by atoms with Crippen LogP contribution in [-0.2, 0) is 0 Å². The first-order chi connectivity index (χ1) is 8.66. The van der Waals surface area contributed by atoms with Crippen molar-refractivity contribution in [3.8, 4) is 0 Å². The number of aromatic nitrogens is 1. The lowest BCUT2D eigenvalue weighted by molar-refractivity contribution is 0.184. The molecule has 0 aliphatic carbocycles. The summed E-state index contributed by atoms with van der Waals surface area (Å²) in [4.78, 5) is 6.63. The minimum Gasteiger partial charge on any atom is -0.390 e. The summed E-state index contributed by atoms with van der Waals surface area (Å²) >= 11 is 3.51. The third kappa shape index (κ3) is 4.23. The fourth-order valence-corrected chi connectivity index (χ4v) is 2.30. The van der Waals surface area contributed by atoms with E-state index in [9.17, 15) is 5.11 Å². The van der Waals surface area contributed by atoms with Crippen LogP contribution in [0.4, 0.5) is 5.82 Å². The molecule has 1 unspecified atom stereocenters. The Kier molecular flexibility index (Phi) is 6.60. The summed E-state index contributed by atoms with van der Waals surface area (Å²) in [6, 6.07) is 3.97. The van der Waals surface area contributed by atoms with Crippen molar-refractivity contribution >= 4 is 21.7 Å². The number of pyridine rings is 1. The van der Waals surface area contributed by atoms with E-state index in [1.807, 2.05) is 32.9 Å².